The van der Waals surface area contributed by atoms with E-state index in [1.165, 1.54) is 25.9 Å². The van der Waals surface area contributed by atoms with Crippen LogP contribution < -0.4 is 5.73 Å². The molecule has 3 rings (SSSR count). The van der Waals surface area contributed by atoms with E-state index in [0.717, 1.165) is 12.2 Å². The van der Waals surface area contributed by atoms with Gasteiger partial charge in [-0.15, -0.1) is 5.10 Å². The average Bonchev–Trinajstić information content (AvgIpc) is 2.78. The third-order valence-corrected chi connectivity index (χ3v) is 3.46. The van der Waals surface area contributed by atoms with E-state index in [1.807, 2.05) is 0 Å². The maximum Gasteiger partial charge on any atom is 0.240 e. The molecule has 5 heteroatoms. The van der Waals surface area contributed by atoms with Crippen LogP contribution in [0, 0.1) is 0 Å². The first kappa shape index (κ1) is 8.11. The summed E-state index contributed by atoms with van der Waals surface area (Å²) < 4.78 is 0. The zero-order chi connectivity index (χ0) is 9.60. The lowest BCUT2D eigenvalue weighted by atomic mass is 9.82. The summed E-state index contributed by atoms with van der Waals surface area (Å²) in [6.07, 6.45) is 4.14. The van der Waals surface area contributed by atoms with E-state index in [0.29, 0.717) is 5.95 Å². The molecule has 2 aliphatic rings. The van der Waals surface area contributed by atoms with Gasteiger partial charge in [0.1, 0.15) is 0 Å². The molecule has 0 amide bonds. The number of anilines is 1. The smallest absolute Gasteiger partial charge is 0.240 e. The number of aromatic nitrogens is 3. The molecular formula is C9H13N5. The number of nitrogens with zero attached hydrogens (tertiary/aromatic N) is 4. The Morgan fingerprint density at radius 1 is 1.36 bits per heavy atom. The van der Waals surface area contributed by atoms with Crippen LogP contribution in [0.1, 0.15) is 18.5 Å². The Morgan fingerprint density at radius 3 is 2.71 bits per heavy atom. The SMILES string of the molecule is Nc1nncc(C23CCN(CC2)C3)n1. The van der Waals surface area contributed by atoms with Crippen LogP contribution in [0.5, 0.6) is 0 Å². The molecule has 3 heterocycles. The second kappa shape index (κ2) is 2.63. The molecule has 0 saturated carbocycles. The van der Waals surface area contributed by atoms with E-state index in [9.17, 15) is 0 Å². The zero-order valence-electron chi connectivity index (χ0n) is 7.98. The molecule has 2 N–H and O–H groups in total. The van der Waals surface area contributed by atoms with Crippen molar-refractivity contribution in [2.45, 2.75) is 18.3 Å². The van der Waals surface area contributed by atoms with Gasteiger partial charge in [-0.05, 0) is 25.9 Å². The number of fused-ring (bicyclic) bond motifs is 2. The Labute approximate surface area is 82.3 Å². The lowest BCUT2D eigenvalue weighted by molar-refractivity contribution is 0.363. The highest BCUT2D eigenvalue weighted by Gasteiger charge is 2.46. The van der Waals surface area contributed by atoms with Gasteiger partial charge < -0.3 is 10.6 Å². The maximum atomic E-state index is 5.56. The minimum Gasteiger partial charge on any atom is -0.366 e. The summed E-state index contributed by atoms with van der Waals surface area (Å²) in [6, 6.07) is 0. The van der Waals surface area contributed by atoms with Crippen LogP contribution in [0.25, 0.3) is 0 Å². The van der Waals surface area contributed by atoms with Crippen molar-refractivity contribution < 1.29 is 0 Å². The first-order valence-electron chi connectivity index (χ1n) is 4.97. The molecule has 2 saturated heterocycles. The van der Waals surface area contributed by atoms with Gasteiger partial charge in [-0.1, -0.05) is 0 Å². The Balaban J connectivity index is 2.02. The molecule has 2 fully saturated rings. The summed E-state index contributed by atoms with van der Waals surface area (Å²) in [5.41, 5.74) is 6.81. The number of nitrogen functional groups attached to an aromatic ring is 1. The summed E-state index contributed by atoms with van der Waals surface area (Å²) in [5, 5.41) is 7.58. The molecule has 0 aromatic carbocycles. The first-order chi connectivity index (χ1) is 6.78. The molecule has 0 aliphatic carbocycles. The highest BCUT2D eigenvalue weighted by Crippen LogP contribution is 2.41. The van der Waals surface area contributed by atoms with Gasteiger partial charge in [0.05, 0.1) is 11.9 Å². The van der Waals surface area contributed by atoms with Gasteiger partial charge in [0.15, 0.2) is 0 Å². The van der Waals surface area contributed by atoms with Gasteiger partial charge in [-0.2, -0.15) is 5.10 Å². The summed E-state index contributed by atoms with van der Waals surface area (Å²) in [4.78, 5) is 6.77. The number of piperidine rings is 1. The summed E-state index contributed by atoms with van der Waals surface area (Å²) in [7, 11) is 0. The average molecular weight is 191 g/mol. The fraction of sp³-hybridized carbons (Fsp3) is 0.667. The number of rotatable bonds is 1. The lowest BCUT2D eigenvalue weighted by Gasteiger charge is -2.23. The second-order valence-corrected chi connectivity index (χ2v) is 4.26. The Hall–Kier alpha value is -1.23. The van der Waals surface area contributed by atoms with Gasteiger partial charge >= 0.3 is 0 Å². The van der Waals surface area contributed by atoms with Crippen LogP contribution >= 0.6 is 0 Å². The molecule has 2 aliphatic heterocycles. The van der Waals surface area contributed by atoms with E-state index in [4.69, 9.17) is 5.73 Å². The van der Waals surface area contributed by atoms with Crippen LogP contribution in [0.4, 0.5) is 5.95 Å². The van der Waals surface area contributed by atoms with Crippen molar-refractivity contribution >= 4 is 5.95 Å². The largest absolute Gasteiger partial charge is 0.366 e. The number of hydrogen-bond donors (Lipinski definition) is 1. The minimum atomic E-state index is 0.226. The highest BCUT2D eigenvalue weighted by molar-refractivity contribution is 5.24. The van der Waals surface area contributed by atoms with E-state index < -0.39 is 0 Å². The van der Waals surface area contributed by atoms with Crippen LogP contribution in [0.3, 0.4) is 0 Å². The zero-order valence-corrected chi connectivity index (χ0v) is 7.98. The quantitative estimate of drug-likeness (QED) is 0.666. The fourth-order valence-corrected chi connectivity index (χ4v) is 2.64. The lowest BCUT2D eigenvalue weighted by Crippen LogP contribution is -2.26. The predicted molar refractivity (Wildman–Crippen MR) is 51.6 cm³/mol. The Morgan fingerprint density at radius 2 is 2.14 bits per heavy atom. The van der Waals surface area contributed by atoms with Crippen molar-refractivity contribution in [3.63, 3.8) is 0 Å². The molecule has 1 aromatic rings. The van der Waals surface area contributed by atoms with E-state index in [1.54, 1.807) is 6.20 Å². The summed E-state index contributed by atoms with van der Waals surface area (Å²) in [5.74, 6) is 0.294. The minimum absolute atomic E-state index is 0.226. The van der Waals surface area contributed by atoms with Crippen molar-refractivity contribution in [2.75, 3.05) is 25.4 Å². The van der Waals surface area contributed by atoms with Crippen molar-refractivity contribution in [1.82, 2.24) is 20.1 Å². The Kier molecular flexibility index (Phi) is 1.53. The molecule has 1 aromatic heterocycles. The molecule has 0 radical (unpaired) electrons. The molecule has 2 bridgehead atoms. The number of hydrogen-bond acceptors (Lipinski definition) is 5. The van der Waals surface area contributed by atoms with Gasteiger partial charge in [-0.3, -0.25) is 0 Å². The van der Waals surface area contributed by atoms with Gasteiger partial charge in [0, 0.05) is 12.0 Å². The number of nitrogens with two attached hydrogens (primary N) is 1. The molecular weight excluding hydrogens is 178 g/mol. The molecule has 0 unspecified atom stereocenters. The molecule has 5 nitrogen and oxygen atoms in total. The molecule has 14 heavy (non-hydrogen) atoms. The predicted octanol–water partition coefficient (Wildman–Crippen LogP) is -0.199. The Bertz CT molecular complexity index is 356. The topological polar surface area (TPSA) is 67.9 Å². The van der Waals surface area contributed by atoms with Crippen LogP contribution in [-0.4, -0.2) is 39.7 Å². The van der Waals surface area contributed by atoms with Gasteiger partial charge in [0.25, 0.3) is 0 Å². The van der Waals surface area contributed by atoms with Crippen LogP contribution in [0.2, 0.25) is 0 Å². The standard InChI is InChI=1S/C9H13N5/c10-8-12-7(5-11-13-8)9-1-3-14(6-9)4-2-9/h5H,1-4,6H2,(H2,10,12,13). The fourth-order valence-electron chi connectivity index (χ4n) is 2.64. The third kappa shape index (κ3) is 1.02. The van der Waals surface area contributed by atoms with Crippen molar-refractivity contribution in [2.24, 2.45) is 0 Å². The van der Waals surface area contributed by atoms with E-state index in [2.05, 4.69) is 20.1 Å². The third-order valence-electron chi connectivity index (χ3n) is 3.46. The highest BCUT2D eigenvalue weighted by atomic mass is 15.2. The van der Waals surface area contributed by atoms with Gasteiger partial charge in [0.2, 0.25) is 5.95 Å². The van der Waals surface area contributed by atoms with Crippen LogP contribution in [-0.2, 0) is 5.41 Å². The van der Waals surface area contributed by atoms with Crippen molar-refractivity contribution in [1.29, 1.82) is 0 Å². The molecule has 0 spiro atoms. The van der Waals surface area contributed by atoms with Crippen molar-refractivity contribution in [3.05, 3.63) is 11.9 Å². The van der Waals surface area contributed by atoms with E-state index in [-0.39, 0.29) is 5.41 Å². The first-order valence-corrected chi connectivity index (χ1v) is 4.97. The van der Waals surface area contributed by atoms with Crippen LogP contribution in [0.15, 0.2) is 6.20 Å². The van der Waals surface area contributed by atoms with E-state index >= 15 is 0 Å². The molecule has 74 valence electrons. The monoisotopic (exact) mass is 191 g/mol. The van der Waals surface area contributed by atoms with Crippen molar-refractivity contribution in [3.8, 4) is 0 Å². The summed E-state index contributed by atoms with van der Waals surface area (Å²) >= 11 is 0. The normalized spacial score (nSPS) is 35.0. The van der Waals surface area contributed by atoms with Gasteiger partial charge in [-0.25, -0.2) is 4.98 Å². The maximum absolute atomic E-state index is 5.56. The summed E-state index contributed by atoms with van der Waals surface area (Å²) in [6.45, 7) is 3.49. The molecule has 0 atom stereocenters. The second-order valence-electron chi connectivity index (χ2n) is 4.26.